The summed E-state index contributed by atoms with van der Waals surface area (Å²) in [6.07, 6.45) is 6.41. The minimum Gasteiger partial charge on any atom is -0.311 e. The van der Waals surface area contributed by atoms with E-state index in [4.69, 9.17) is 0 Å². The topological polar surface area (TPSA) is 29.1 Å². The summed E-state index contributed by atoms with van der Waals surface area (Å²) in [5, 5.41) is 3.64. The maximum Gasteiger partial charge on any atom is 0.147 e. The molecule has 2 nitrogen and oxygen atoms in total. The highest BCUT2D eigenvalue weighted by Crippen LogP contribution is 2.30. The third-order valence-corrected chi connectivity index (χ3v) is 4.82. The molecular formula is C15H25NOSi. The fraction of sp³-hybridized carbons (Fsp3) is 0.800. The zero-order chi connectivity index (χ0) is 13.2. The summed E-state index contributed by atoms with van der Waals surface area (Å²) < 4.78 is 0. The Morgan fingerprint density at radius 2 is 1.83 bits per heavy atom. The number of carbonyl (C=O) groups excluding carboxylic acids is 1. The van der Waals surface area contributed by atoms with Crippen LogP contribution in [0.5, 0.6) is 0 Å². The van der Waals surface area contributed by atoms with E-state index in [2.05, 4.69) is 36.4 Å². The van der Waals surface area contributed by atoms with Gasteiger partial charge in [0.25, 0.3) is 0 Å². The molecule has 2 fully saturated rings. The first kappa shape index (κ1) is 13.8. The summed E-state index contributed by atoms with van der Waals surface area (Å²) in [6.45, 7) is 6.66. The van der Waals surface area contributed by atoms with E-state index in [1.165, 1.54) is 19.3 Å². The van der Waals surface area contributed by atoms with Gasteiger partial charge in [-0.3, -0.25) is 4.79 Å². The van der Waals surface area contributed by atoms with Crippen molar-refractivity contribution in [2.75, 3.05) is 0 Å². The van der Waals surface area contributed by atoms with Crippen molar-refractivity contribution in [1.82, 2.24) is 5.32 Å². The Hall–Kier alpha value is -0.593. The number of hydrogen-bond donors (Lipinski definition) is 1. The number of piperidine rings is 2. The number of Topliss-reactive ketones (excluding diaryl/α,β-unsaturated/α-hetero) is 1. The third kappa shape index (κ3) is 3.96. The summed E-state index contributed by atoms with van der Waals surface area (Å²) in [5.41, 5.74) is 3.29. The van der Waals surface area contributed by atoms with Crippen molar-refractivity contribution < 1.29 is 4.79 Å². The number of nitrogens with one attached hydrogen (secondary N) is 1. The monoisotopic (exact) mass is 263 g/mol. The van der Waals surface area contributed by atoms with Crippen LogP contribution in [-0.2, 0) is 4.79 Å². The Morgan fingerprint density at radius 1 is 1.22 bits per heavy atom. The second kappa shape index (κ2) is 5.58. The highest BCUT2D eigenvalue weighted by Gasteiger charge is 2.33. The molecule has 2 bridgehead atoms. The molecule has 100 valence electrons. The predicted molar refractivity (Wildman–Crippen MR) is 78.0 cm³/mol. The van der Waals surface area contributed by atoms with E-state index >= 15 is 0 Å². The van der Waals surface area contributed by atoms with Gasteiger partial charge in [0.05, 0.1) is 6.42 Å². The molecule has 0 amide bonds. The standard InChI is InChI=1S/C15H25NOSi/c1-18(2,3)9-5-8-15(17)12-10-13-6-4-7-14(11-12)16-13/h12-14,16H,4,6-8,10-11H2,1-3H3. The highest BCUT2D eigenvalue weighted by molar-refractivity contribution is 6.83. The Bertz CT molecular complexity index is 362. The Kier molecular flexibility index (Phi) is 4.29. The van der Waals surface area contributed by atoms with Crippen LogP contribution in [0.25, 0.3) is 0 Å². The number of carbonyl (C=O) groups is 1. The summed E-state index contributed by atoms with van der Waals surface area (Å²) in [5.74, 6) is 3.79. The molecule has 2 rings (SSSR count). The summed E-state index contributed by atoms with van der Waals surface area (Å²) >= 11 is 0. The number of rotatable bonds is 2. The fourth-order valence-corrected chi connectivity index (χ4v) is 3.69. The molecule has 2 aliphatic heterocycles. The van der Waals surface area contributed by atoms with Gasteiger partial charge < -0.3 is 5.32 Å². The van der Waals surface area contributed by atoms with E-state index in [1.54, 1.807) is 0 Å². The van der Waals surface area contributed by atoms with E-state index in [1.807, 2.05) is 0 Å². The first-order valence-corrected chi connectivity index (χ1v) is 10.7. The molecule has 1 N–H and O–H groups in total. The molecule has 0 spiro atoms. The summed E-state index contributed by atoms with van der Waals surface area (Å²) in [4.78, 5) is 12.2. The molecule has 2 unspecified atom stereocenters. The van der Waals surface area contributed by atoms with E-state index in [9.17, 15) is 4.79 Å². The molecule has 0 aromatic carbocycles. The minimum atomic E-state index is -1.32. The van der Waals surface area contributed by atoms with Gasteiger partial charge in [0.1, 0.15) is 13.9 Å². The second-order valence-electron chi connectivity index (χ2n) is 6.85. The Labute approximate surface area is 112 Å². The molecule has 0 saturated carbocycles. The molecule has 2 atom stereocenters. The van der Waals surface area contributed by atoms with Crippen molar-refractivity contribution in [2.24, 2.45) is 5.92 Å². The van der Waals surface area contributed by atoms with Crippen molar-refractivity contribution in [3.63, 3.8) is 0 Å². The maximum absolute atomic E-state index is 12.2. The van der Waals surface area contributed by atoms with Gasteiger partial charge >= 0.3 is 0 Å². The SMILES string of the molecule is C[Si](C)(C)C#CCC(=O)C1CC2CCCC(C1)N2. The van der Waals surface area contributed by atoms with Crippen LogP contribution in [0.4, 0.5) is 0 Å². The normalized spacial score (nSPS) is 31.4. The van der Waals surface area contributed by atoms with Crippen LogP contribution in [-0.4, -0.2) is 25.9 Å². The Balaban J connectivity index is 1.87. The average molecular weight is 263 g/mol. The molecule has 0 aromatic heterocycles. The number of fused-ring (bicyclic) bond motifs is 2. The van der Waals surface area contributed by atoms with Gasteiger partial charge in [-0.25, -0.2) is 0 Å². The van der Waals surface area contributed by atoms with Crippen molar-refractivity contribution in [3.05, 3.63) is 0 Å². The average Bonchev–Trinajstić information content (AvgIpc) is 2.26. The molecule has 0 radical (unpaired) electrons. The third-order valence-electron chi connectivity index (χ3n) is 3.90. The lowest BCUT2D eigenvalue weighted by Gasteiger charge is -2.39. The van der Waals surface area contributed by atoms with Crippen LogP contribution in [0, 0.1) is 17.4 Å². The van der Waals surface area contributed by atoms with Crippen LogP contribution in [0.3, 0.4) is 0 Å². The number of ketones is 1. The van der Waals surface area contributed by atoms with Gasteiger partial charge in [-0.2, -0.15) is 0 Å². The van der Waals surface area contributed by atoms with Crippen molar-refractivity contribution in [1.29, 1.82) is 0 Å². The van der Waals surface area contributed by atoms with Crippen molar-refractivity contribution >= 4 is 13.9 Å². The first-order chi connectivity index (χ1) is 8.44. The zero-order valence-electron chi connectivity index (χ0n) is 11.9. The first-order valence-electron chi connectivity index (χ1n) is 7.23. The molecule has 3 heteroatoms. The second-order valence-corrected chi connectivity index (χ2v) is 11.6. The molecule has 2 aliphatic rings. The largest absolute Gasteiger partial charge is 0.311 e. The molecule has 18 heavy (non-hydrogen) atoms. The lowest BCUT2D eigenvalue weighted by Crippen LogP contribution is -2.50. The van der Waals surface area contributed by atoms with Crippen LogP contribution >= 0.6 is 0 Å². The Morgan fingerprint density at radius 3 is 2.39 bits per heavy atom. The van der Waals surface area contributed by atoms with Gasteiger partial charge in [-0.05, 0) is 25.7 Å². The van der Waals surface area contributed by atoms with E-state index < -0.39 is 8.07 Å². The lowest BCUT2D eigenvalue weighted by atomic mass is 9.78. The summed E-state index contributed by atoms with van der Waals surface area (Å²) in [6, 6.07) is 1.19. The molecule has 0 aromatic rings. The van der Waals surface area contributed by atoms with Crippen molar-refractivity contribution in [3.8, 4) is 11.5 Å². The van der Waals surface area contributed by atoms with E-state index in [0.717, 1.165) is 12.8 Å². The zero-order valence-corrected chi connectivity index (χ0v) is 12.9. The number of hydrogen-bond acceptors (Lipinski definition) is 2. The fourth-order valence-electron chi connectivity index (χ4n) is 3.07. The molecular weight excluding hydrogens is 238 g/mol. The maximum atomic E-state index is 12.2. The predicted octanol–water partition coefficient (Wildman–Crippen LogP) is 2.75. The van der Waals surface area contributed by atoms with Gasteiger partial charge in [0.15, 0.2) is 0 Å². The van der Waals surface area contributed by atoms with Crippen LogP contribution < -0.4 is 5.32 Å². The smallest absolute Gasteiger partial charge is 0.147 e. The molecule has 2 saturated heterocycles. The van der Waals surface area contributed by atoms with Crippen LogP contribution in [0.1, 0.15) is 38.5 Å². The van der Waals surface area contributed by atoms with Gasteiger partial charge in [0.2, 0.25) is 0 Å². The quantitative estimate of drug-likeness (QED) is 0.613. The van der Waals surface area contributed by atoms with Gasteiger partial charge in [-0.15, -0.1) is 11.5 Å². The molecule has 2 heterocycles. The minimum absolute atomic E-state index is 0.275. The van der Waals surface area contributed by atoms with E-state index in [-0.39, 0.29) is 5.92 Å². The molecule has 0 aliphatic carbocycles. The van der Waals surface area contributed by atoms with Crippen LogP contribution in [0.15, 0.2) is 0 Å². The lowest BCUT2D eigenvalue weighted by molar-refractivity contribution is -0.123. The van der Waals surface area contributed by atoms with Crippen LogP contribution in [0.2, 0.25) is 19.6 Å². The van der Waals surface area contributed by atoms with Crippen molar-refractivity contribution in [2.45, 2.75) is 70.2 Å². The highest BCUT2D eigenvalue weighted by atomic mass is 28.3. The van der Waals surface area contributed by atoms with Gasteiger partial charge in [-0.1, -0.05) is 26.1 Å². The summed E-state index contributed by atoms with van der Waals surface area (Å²) in [7, 11) is -1.32. The van der Waals surface area contributed by atoms with E-state index in [0.29, 0.717) is 24.3 Å². The van der Waals surface area contributed by atoms with Gasteiger partial charge in [0, 0.05) is 18.0 Å².